The first-order chi connectivity index (χ1) is 14.0. The Morgan fingerprint density at radius 2 is 1.55 bits per heavy atom. The zero-order chi connectivity index (χ0) is 20.8. The number of anilines is 1. The summed E-state index contributed by atoms with van der Waals surface area (Å²) in [6, 6.07) is 11.3. The van der Waals surface area contributed by atoms with E-state index < -0.39 is 6.03 Å². The molecule has 2 N–H and O–H groups in total. The molecule has 0 saturated heterocycles. The predicted molar refractivity (Wildman–Crippen MR) is 108 cm³/mol. The Morgan fingerprint density at radius 1 is 0.931 bits per heavy atom. The third-order valence-corrected chi connectivity index (χ3v) is 4.30. The molecular weight excluding hydrogens is 374 g/mol. The average molecular weight is 397 g/mol. The van der Waals surface area contributed by atoms with Crippen LogP contribution < -0.4 is 20.1 Å². The van der Waals surface area contributed by atoms with E-state index in [1.54, 1.807) is 42.5 Å². The van der Waals surface area contributed by atoms with Crippen molar-refractivity contribution in [3.63, 3.8) is 0 Å². The minimum Gasteiger partial charge on any atom is -0.490 e. The second kappa shape index (κ2) is 9.09. The van der Waals surface area contributed by atoms with Crippen molar-refractivity contribution in [1.82, 2.24) is 10.2 Å². The van der Waals surface area contributed by atoms with Gasteiger partial charge in [0.1, 0.15) is 0 Å². The number of urea groups is 1. The summed E-state index contributed by atoms with van der Waals surface area (Å²) < 4.78 is 11.0. The van der Waals surface area contributed by atoms with E-state index in [0.29, 0.717) is 41.5 Å². The molecule has 0 spiro atoms. The van der Waals surface area contributed by atoms with Crippen molar-refractivity contribution in [2.45, 2.75) is 13.8 Å². The van der Waals surface area contributed by atoms with E-state index in [2.05, 4.69) is 10.6 Å². The molecule has 1 heterocycles. The van der Waals surface area contributed by atoms with Gasteiger partial charge in [0.2, 0.25) is 0 Å². The number of nitrogens with zero attached hydrogens (tertiary/aromatic N) is 1. The molecule has 0 unspecified atom stereocenters. The molecule has 0 aromatic heterocycles. The highest BCUT2D eigenvalue weighted by Crippen LogP contribution is 2.30. The summed E-state index contributed by atoms with van der Waals surface area (Å²) in [6.07, 6.45) is 0. The minimum atomic E-state index is -0.451. The molecule has 8 nitrogen and oxygen atoms in total. The zero-order valence-electron chi connectivity index (χ0n) is 16.4. The maximum absolute atomic E-state index is 12.3. The molecule has 0 saturated carbocycles. The molecule has 0 bridgehead atoms. The van der Waals surface area contributed by atoms with Crippen molar-refractivity contribution in [3.05, 3.63) is 53.6 Å². The number of carbonyl (C=O) groups is 3. The van der Waals surface area contributed by atoms with E-state index in [0.717, 1.165) is 4.90 Å². The lowest BCUT2D eigenvalue weighted by molar-refractivity contribution is 0.0656. The van der Waals surface area contributed by atoms with Gasteiger partial charge in [-0.25, -0.2) is 4.79 Å². The fraction of sp³-hybridized carbons (Fsp3) is 0.286. The van der Waals surface area contributed by atoms with E-state index in [9.17, 15) is 14.4 Å². The topological polar surface area (TPSA) is 97.0 Å². The Hall–Kier alpha value is -3.55. The number of imide groups is 1. The number of hydrogen-bond acceptors (Lipinski definition) is 5. The van der Waals surface area contributed by atoms with Crippen molar-refractivity contribution in [3.8, 4) is 11.5 Å². The Labute approximate surface area is 168 Å². The first-order valence-corrected chi connectivity index (χ1v) is 9.44. The number of benzene rings is 2. The molecule has 3 rings (SSSR count). The minimum absolute atomic E-state index is 0.0905. The molecule has 0 radical (unpaired) electrons. The van der Waals surface area contributed by atoms with Gasteiger partial charge in [0.25, 0.3) is 11.8 Å². The van der Waals surface area contributed by atoms with Crippen molar-refractivity contribution in [1.29, 1.82) is 0 Å². The van der Waals surface area contributed by atoms with Gasteiger partial charge in [0.05, 0.1) is 24.3 Å². The summed E-state index contributed by atoms with van der Waals surface area (Å²) in [6.45, 7) is 4.94. The maximum Gasteiger partial charge on any atom is 0.319 e. The molecule has 4 amide bonds. The Kier molecular flexibility index (Phi) is 6.33. The summed E-state index contributed by atoms with van der Waals surface area (Å²) in [4.78, 5) is 37.9. The van der Waals surface area contributed by atoms with Crippen LogP contribution in [0.4, 0.5) is 10.5 Å². The molecule has 1 aliphatic rings. The molecule has 2 aromatic carbocycles. The SMILES string of the molecule is CCOc1ccc(NC(=O)NCCN2C(=O)c3ccccc3C2=O)cc1OCC. The first kappa shape index (κ1) is 20.2. The maximum atomic E-state index is 12.3. The van der Waals surface area contributed by atoms with E-state index in [1.807, 2.05) is 13.8 Å². The highest BCUT2D eigenvalue weighted by molar-refractivity contribution is 6.21. The smallest absolute Gasteiger partial charge is 0.319 e. The van der Waals surface area contributed by atoms with Gasteiger partial charge in [0.15, 0.2) is 11.5 Å². The molecule has 1 aliphatic heterocycles. The second-order valence-corrected chi connectivity index (χ2v) is 6.22. The van der Waals surface area contributed by atoms with Gasteiger partial charge in [0, 0.05) is 24.8 Å². The summed E-state index contributed by atoms with van der Waals surface area (Å²) in [5, 5.41) is 5.35. The van der Waals surface area contributed by atoms with Crippen LogP contribution in [0.5, 0.6) is 11.5 Å². The van der Waals surface area contributed by atoms with Crippen LogP contribution in [0.3, 0.4) is 0 Å². The van der Waals surface area contributed by atoms with Gasteiger partial charge >= 0.3 is 6.03 Å². The normalized spacial score (nSPS) is 12.6. The number of fused-ring (bicyclic) bond motifs is 1. The van der Waals surface area contributed by atoms with Crippen molar-refractivity contribution < 1.29 is 23.9 Å². The average Bonchev–Trinajstić information content (AvgIpc) is 2.95. The third-order valence-electron chi connectivity index (χ3n) is 4.30. The van der Waals surface area contributed by atoms with Crippen molar-refractivity contribution in [2.75, 3.05) is 31.6 Å². The molecule has 0 fully saturated rings. The molecule has 29 heavy (non-hydrogen) atoms. The van der Waals surface area contributed by atoms with Gasteiger partial charge in [-0.15, -0.1) is 0 Å². The lowest BCUT2D eigenvalue weighted by Gasteiger charge is -2.15. The summed E-state index contributed by atoms with van der Waals surface area (Å²) in [5.41, 5.74) is 1.31. The largest absolute Gasteiger partial charge is 0.490 e. The molecule has 8 heteroatoms. The molecule has 0 aliphatic carbocycles. The van der Waals surface area contributed by atoms with Crippen LogP contribution >= 0.6 is 0 Å². The lowest BCUT2D eigenvalue weighted by Crippen LogP contribution is -2.39. The standard InChI is InChI=1S/C21H23N3O5/c1-3-28-17-10-9-14(13-18(17)29-4-2)23-21(27)22-11-12-24-19(25)15-7-5-6-8-16(15)20(24)26/h5-10,13H,3-4,11-12H2,1-2H3,(H2,22,23,27). The van der Waals surface area contributed by atoms with Crippen LogP contribution in [0.25, 0.3) is 0 Å². The van der Waals surface area contributed by atoms with E-state index in [4.69, 9.17) is 9.47 Å². The number of carbonyl (C=O) groups excluding carboxylic acids is 3. The number of nitrogens with one attached hydrogen (secondary N) is 2. The quantitative estimate of drug-likeness (QED) is 0.668. The highest BCUT2D eigenvalue weighted by Gasteiger charge is 2.34. The van der Waals surface area contributed by atoms with Gasteiger partial charge in [-0.2, -0.15) is 0 Å². The monoisotopic (exact) mass is 397 g/mol. The van der Waals surface area contributed by atoms with Crippen LogP contribution in [-0.2, 0) is 0 Å². The zero-order valence-corrected chi connectivity index (χ0v) is 16.4. The fourth-order valence-corrected chi connectivity index (χ4v) is 3.03. The van der Waals surface area contributed by atoms with E-state index >= 15 is 0 Å². The second-order valence-electron chi connectivity index (χ2n) is 6.22. The number of hydrogen-bond donors (Lipinski definition) is 2. The van der Waals surface area contributed by atoms with Crippen LogP contribution in [-0.4, -0.2) is 49.0 Å². The number of amides is 4. The summed E-state index contributed by atoms with van der Waals surface area (Å²) in [7, 11) is 0. The van der Waals surface area contributed by atoms with Crippen LogP contribution in [0.15, 0.2) is 42.5 Å². The van der Waals surface area contributed by atoms with Crippen molar-refractivity contribution >= 4 is 23.5 Å². The molecule has 0 atom stereocenters. The van der Waals surface area contributed by atoms with E-state index in [-0.39, 0.29) is 24.9 Å². The third kappa shape index (κ3) is 4.48. The van der Waals surface area contributed by atoms with E-state index in [1.165, 1.54) is 0 Å². The Bertz CT molecular complexity index is 893. The number of ether oxygens (including phenoxy) is 2. The molecular formula is C21H23N3O5. The van der Waals surface area contributed by atoms with Gasteiger partial charge in [-0.1, -0.05) is 12.1 Å². The van der Waals surface area contributed by atoms with Gasteiger partial charge in [-0.05, 0) is 38.1 Å². The van der Waals surface area contributed by atoms with Gasteiger partial charge < -0.3 is 20.1 Å². The summed E-state index contributed by atoms with van der Waals surface area (Å²) >= 11 is 0. The lowest BCUT2D eigenvalue weighted by atomic mass is 10.1. The number of rotatable bonds is 8. The Morgan fingerprint density at radius 3 is 2.17 bits per heavy atom. The van der Waals surface area contributed by atoms with Crippen LogP contribution in [0.1, 0.15) is 34.6 Å². The summed E-state index contributed by atoms with van der Waals surface area (Å²) in [5.74, 6) is 0.450. The fourth-order valence-electron chi connectivity index (χ4n) is 3.03. The predicted octanol–water partition coefficient (Wildman–Crippen LogP) is 2.90. The van der Waals surface area contributed by atoms with Crippen molar-refractivity contribution in [2.24, 2.45) is 0 Å². The van der Waals surface area contributed by atoms with Crippen LogP contribution in [0, 0.1) is 0 Å². The molecule has 152 valence electrons. The first-order valence-electron chi connectivity index (χ1n) is 9.44. The molecule has 2 aromatic rings. The Balaban J connectivity index is 1.54. The van der Waals surface area contributed by atoms with Crippen LogP contribution in [0.2, 0.25) is 0 Å². The van der Waals surface area contributed by atoms with Gasteiger partial charge in [-0.3, -0.25) is 14.5 Å². The highest BCUT2D eigenvalue weighted by atomic mass is 16.5.